The van der Waals surface area contributed by atoms with E-state index in [1.54, 1.807) is 0 Å². The average Bonchev–Trinajstić information content (AvgIpc) is 2.56. The number of halogens is 1. The molecule has 4 heteroatoms. The second kappa shape index (κ2) is 6.07. The summed E-state index contributed by atoms with van der Waals surface area (Å²) in [6.07, 6.45) is 1.84. The van der Waals surface area contributed by atoms with Crippen molar-refractivity contribution >= 4 is 11.6 Å². The molecule has 1 aromatic heterocycles. The van der Waals surface area contributed by atoms with E-state index in [2.05, 4.69) is 38.1 Å². The average molecular weight is 272 g/mol. The van der Waals surface area contributed by atoms with Crippen LogP contribution in [0.2, 0.25) is 5.02 Å². The van der Waals surface area contributed by atoms with Crippen LogP contribution < -0.4 is 5.32 Å². The van der Waals surface area contributed by atoms with Gasteiger partial charge in [-0.2, -0.15) is 5.10 Å². The Kier molecular flexibility index (Phi) is 5.23. The summed E-state index contributed by atoms with van der Waals surface area (Å²) < 4.78 is 1.94. The van der Waals surface area contributed by atoms with Crippen molar-refractivity contribution in [3.8, 4) is 0 Å². The van der Waals surface area contributed by atoms with E-state index in [4.69, 9.17) is 11.6 Å². The van der Waals surface area contributed by atoms with Crippen LogP contribution in [0.5, 0.6) is 0 Å². The van der Waals surface area contributed by atoms with Crippen molar-refractivity contribution in [1.29, 1.82) is 0 Å². The molecule has 18 heavy (non-hydrogen) atoms. The molecule has 1 heterocycles. The van der Waals surface area contributed by atoms with Gasteiger partial charge in [0.15, 0.2) is 0 Å². The molecule has 0 saturated carbocycles. The Balaban J connectivity index is 3.04. The maximum atomic E-state index is 6.44. The highest BCUT2D eigenvalue weighted by atomic mass is 35.5. The minimum Gasteiger partial charge on any atom is -0.319 e. The van der Waals surface area contributed by atoms with E-state index in [0.29, 0.717) is 5.92 Å². The highest BCUT2D eigenvalue weighted by Gasteiger charge is 2.30. The van der Waals surface area contributed by atoms with Crippen molar-refractivity contribution in [2.45, 2.75) is 40.5 Å². The molecule has 0 fully saturated rings. The van der Waals surface area contributed by atoms with Gasteiger partial charge < -0.3 is 5.32 Å². The first-order valence-corrected chi connectivity index (χ1v) is 7.08. The quantitative estimate of drug-likeness (QED) is 0.862. The number of hydrogen-bond donors (Lipinski definition) is 1. The van der Waals surface area contributed by atoms with Gasteiger partial charge in [0.05, 0.1) is 16.4 Å². The van der Waals surface area contributed by atoms with E-state index < -0.39 is 0 Å². The Morgan fingerprint density at radius 3 is 2.44 bits per heavy atom. The predicted octanol–water partition coefficient (Wildman–Crippen LogP) is 3.06. The van der Waals surface area contributed by atoms with Crippen LogP contribution in [0.3, 0.4) is 0 Å². The minimum absolute atomic E-state index is 0.192. The zero-order valence-electron chi connectivity index (χ0n) is 12.5. The summed E-state index contributed by atoms with van der Waals surface area (Å²) in [6, 6.07) is 0. The summed E-state index contributed by atoms with van der Waals surface area (Å²) in [6.45, 7) is 9.91. The van der Waals surface area contributed by atoms with Crippen LogP contribution in [-0.4, -0.2) is 23.4 Å². The van der Waals surface area contributed by atoms with Crippen LogP contribution in [0.25, 0.3) is 0 Å². The molecule has 0 aromatic carbocycles. The van der Waals surface area contributed by atoms with Crippen LogP contribution in [0.1, 0.15) is 39.1 Å². The second-order valence-corrected chi connectivity index (χ2v) is 6.08. The fraction of sp³-hybridized carbons (Fsp3) is 0.786. The lowest BCUT2D eigenvalue weighted by Crippen LogP contribution is -2.37. The third kappa shape index (κ3) is 3.07. The van der Waals surface area contributed by atoms with E-state index >= 15 is 0 Å². The smallest absolute Gasteiger partial charge is 0.0849 e. The van der Waals surface area contributed by atoms with E-state index in [1.807, 2.05) is 18.8 Å². The normalized spacial score (nSPS) is 15.1. The van der Waals surface area contributed by atoms with Crippen LogP contribution in [0.4, 0.5) is 0 Å². The minimum atomic E-state index is 0.192. The van der Waals surface area contributed by atoms with Gasteiger partial charge in [-0.15, -0.1) is 0 Å². The summed E-state index contributed by atoms with van der Waals surface area (Å²) in [5, 5.41) is 8.64. The molecule has 0 radical (unpaired) electrons. The van der Waals surface area contributed by atoms with Gasteiger partial charge in [0.2, 0.25) is 0 Å². The fourth-order valence-electron chi connectivity index (χ4n) is 2.27. The van der Waals surface area contributed by atoms with Crippen molar-refractivity contribution in [2.75, 3.05) is 13.6 Å². The Morgan fingerprint density at radius 1 is 1.44 bits per heavy atom. The summed E-state index contributed by atoms with van der Waals surface area (Å²) in [7, 11) is 3.99. The standard InChI is InChI=1S/C14H26ClN3/c1-7-11-13(15)12(18(6)17-11)8-14(4,9-16-5)10(2)3/h10,16H,7-9H2,1-6H3. The van der Waals surface area contributed by atoms with Crippen molar-refractivity contribution in [2.24, 2.45) is 18.4 Å². The lowest BCUT2D eigenvalue weighted by Gasteiger charge is -2.34. The maximum Gasteiger partial charge on any atom is 0.0849 e. The number of aryl methyl sites for hydroxylation is 2. The third-order valence-corrected chi connectivity index (χ3v) is 4.48. The van der Waals surface area contributed by atoms with E-state index in [-0.39, 0.29) is 5.41 Å². The van der Waals surface area contributed by atoms with Crippen molar-refractivity contribution in [1.82, 2.24) is 15.1 Å². The van der Waals surface area contributed by atoms with Gasteiger partial charge in [0.25, 0.3) is 0 Å². The molecular formula is C14H26ClN3. The molecule has 1 atom stereocenters. The van der Waals surface area contributed by atoms with Gasteiger partial charge in [-0.3, -0.25) is 4.68 Å². The number of nitrogens with zero attached hydrogens (tertiary/aromatic N) is 2. The van der Waals surface area contributed by atoms with Crippen molar-refractivity contribution < 1.29 is 0 Å². The van der Waals surface area contributed by atoms with E-state index in [9.17, 15) is 0 Å². The third-order valence-electron chi connectivity index (χ3n) is 4.05. The molecule has 0 saturated heterocycles. The summed E-state index contributed by atoms with van der Waals surface area (Å²) in [5.41, 5.74) is 2.35. The number of nitrogens with one attached hydrogen (secondary N) is 1. The molecule has 1 unspecified atom stereocenters. The van der Waals surface area contributed by atoms with E-state index in [1.165, 1.54) is 0 Å². The summed E-state index contributed by atoms with van der Waals surface area (Å²) in [5.74, 6) is 0.584. The first-order valence-electron chi connectivity index (χ1n) is 6.70. The number of hydrogen-bond acceptors (Lipinski definition) is 2. The monoisotopic (exact) mass is 271 g/mol. The van der Waals surface area contributed by atoms with E-state index in [0.717, 1.165) is 35.8 Å². The molecule has 3 nitrogen and oxygen atoms in total. The summed E-state index contributed by atoms with van der Waals surface area (Å²) in [4.78, 5) is 0. The molecule has 104 valence electrons. The molecule has 0 aliphatic heterocycles. The van der Waals surface area contributed by atoms with Gasteiger partial charge >= 0.3 is 0 Å². The van der Waals surface area contributed by atoms with Gasteiger partial charge in [-0.05, 0) is 31.2 Å². The predicted molar refractivity (Wildman–Crippen MR) is 78.2 cm³/mol. The largest absolute Gasteiger partial charge is 0.319 e. The maximum absolute atomic E-state index is 6.44. The Hall–Kier alpha value is -0.540. The second-order valence-electron chi connectivity index (χ2n) is 5.70. The van der Waals surface area contributed by atoms with Gasteiger partial charge in [0, 0.05) is 13.6 Å². The molecule has 0 bridgehead atoms. The lowest BCUT2D eigenvalue weighted by atomic mass is 9.75. The van der Waals surface area contributed by atoms with Crippen LogP contribution >= 0.6 is 11.6 Å². The van der Waals surface area contributed by atoms with Crippen LogP contribution in [0, 0.1) is 11.3 Å². The van der Waals surface area contributed by atoms with Gasteiger partial charge in [-0.1, -0.05) is 39.3 Å². The molecule has 0 aliphatic rings. The zero-order chi connectivity index (χ0) is 13.9. The highest BCUT2D eigenvalue weighted by molar-refractivity contribution is 6.31. The fourth-order valence-corrected chi connectivity index (χ4v) is 2.63. The number of rotatable bonds is 6. The van der Waals surface area contributed by atoms with Gasteiger partial charge in [-0.25, -0.2) is 0 Å². The summed E-state index contributed by atoms with van der Waals surface area (Å²) >= 11 is 6.44. The van der Waals surface area contributed by atoms with Crippen molar-refractivity contribution in [3.05, 3.63) is 16.4 Å². The SMILES string of the molecule is CCc1nn(C)c(CC(C)(CNC)C(C)C)c1Cl. The molecular weight excluding hydrogens is 246 g/mol. The first-order chi connectivity index (χ1) is 8.35. The number of aromatic nitrogens is 2. The van der Waals surface area contributed by atoms with Crippen LogP contribution in [-0.2, 0) is 19.9 Å². The Morgan fingerprint density at radius 2 is 2.06 bits per heavy atom. The van der Waals surface area contributed by atoms with Gasteiger partial charge in [0.1, 0.15) is 0 Å². The molecule has 0 amide bonds. The molecule has 1 aromatic rings. The topological polar surface area (TPSA) is 29.9 Å². The molecule has 0 spiro atoms. The molecule has 1 rings (SSSR count). The Bertz CT molecular complexity index is 398. The lowest BCUT2D eigenvalue weighted by molar-refractivity contribution is 0.208. The highest BCUT2D eigenvalue weighted by Crippen LogP contribution is 2.34. The zero-order valence-corrected chi connectivity index (χ0v) is 13.2. The van der Waals surface area contributed by atoms with Crippen molar-refractivity contribution in [3.63, 3.8) is 0 Å². The van der Waals surface area contributed by atoms with Crippen LogP contribution in [0.15, 0.2) is 0 Å². The molecule has 0 aliphatic carbocycles. The first kappa shape index (κ1) is 15.5. The Labute approximate surface area is 116 Å². The molecule has 1 N–H and O–H groups in total.